The minimum atomic E-state index is -0.0864. The van der Waals surface area contributed by atoms with Crippen molar-refractivity contribution in [2.75, 3.05) is 18.1 Å². The third-order valence-electron chi connectivity index (χ3n) is 6.95. The second kappa shape index (κ2) is 13.9. The van der Waals surface area contributed by atoms with Crippen molar-refractivity contribution >= 4 is 41.3 Å². The minimum Gasteiger partial charge on any atom is -0.482 e. The van der Waals surface area contributed by atoms with Crippen LogP contribution < -0.4 is 5.32 Å². The van der Waals surface area contributed by atoms with Crippen molar-refractivity contribution in [3.8, 4) is 0 Å². The first-order chi connectivity index (χ1) is 18.0. The number of hydrogen-bond donors (Lipinski definition) is 1. The zero-order valence-electron chi connectivity index (χ0n) is 21.6. The van der Waals surface area contributed by atoms with Crippen LogP contribution in [0.25, 0.3) is 6.08 Å². The predicted octanol–water partition coefficient (Wildman–Crippen LogP) is 6.70. The molecule has 2 atom stereocenters. The van der Waals surface area contributed by atoms with Crippen LogP contribution in [-0.4, -0.2) is 46.9 Å². The summed E-state index contributed by atoms with van der Waals surface area (Å²) in [5.74, 6) is 2.47. The smallest absolute Gasteiger partial charge is 0.289 e. The highest BCUT2D eigenvalue weighted by molar-refractivity contribution is 7.99. The summed E-state index contributed by atoms with van der Waals surface area (Å²) in [6.45, 7) is 3.42. The molecule has 2 amide bonds. The van der Waals surface area contributed by atoms with Crippen LogP contribution in [0.4, 0.5) is 0 Å². The van der Waals surface area contributed by atoms with E-state index in [0.29, 0.717) is 29.4 Å². The molecule has 1 aliphatic carbocycles. The van der Waals surface area contributed by atoms with Gasteiger partial charge in [0.15, 0.2) is 5.76 Å². The van der Waals surface area contributed by atoms with Gasteiger partial charge in [-0.2, -0.15) is 11.8 Å². The molecule has 0 radical (unpaired) electrons. The molecule has 1 aliphatic heterocycles. The lowest BCUT2D eigenvalue weighted by molar-refractivity contribution is -0.149. The monoisotopic (exact) mass is 540 g/mol. The molecule has 1 N–H and O–H groups in total. The maximum absolute atomic E-state index is 13.5. The van der Waals surface area contributed by atoms with E-state index in [0.717, 1.165) is 49.0 Å². The van der Waals surface area contributed by atoms with Crippen molar-refractivity contribution in [2.24, 2.45) is 0 Å². The molecular weight excluding hydrogens is 504 g/mol. The zero-order chi connectivity index (χ0) is 26.0. The third kappa shape index (κ3) is 7.78. The number of thioether (sulfide) groups is 1. The van der Waals surface area contributed by atoms with Gasteiger partial charge in [0, 0.05) is 23.7 Å². The molecule has 2 aromatic rings. The van der Waals surface area contributed by atoms with Crippen molar-refractivity contribution in [2.45, 2.75) is 70.6 Å². The number of benzene rings is 2. The van der Waals surface area contributed by atoms with Gasteiger partial charge in [-0.3, -0.25) is 9.59 Å². The topological polar surface area (TPSA) is 58.6 Å². The standard InChI is InChI=1S/C30H37ClN2O3S/c1-2-3-18-37-19-6-17-32-29(34)24-13-9-22(10-14-24)20-28-30(35)33(21-23-11-15-25(31)16-12-23)26-7-4-5-8-27(26)36-28/h9-16,20,26-27H,2-8,17-19,21H2,1H3,(H,32,34)/b28-20-. The van der Waals surface area contributed by atoms with E-state index in [9.17, 15) is 9.59 Å². The van der Waals surface area contributed by atoms with Gasteiger partial charge in [0.05, 0.1) is 6.04 Å². The Morgan fingerprint density at radius 1 is 1.08 bits per heavy atom. The second-order valence-corrected chi connectivity index (χ2v) is 11.4. The first kappa shape index (κ1) is 27.6. The van der Waals surface area contributed by atoms with E-state index < -0.39 is 0 Å². The molecule has 2 aliphatic rings. The van der Waals surface area contributed by atoms with Crippen LogP contribution in [0.3, 0.4) is 0 Å². The van der Waals surface area contributed by atoms with Crippen LogP contribution in [0, 0.1) is 0 Å². The highest BCUT2D eigenvalue weighted by atomic mass is 35.5. The van der Waals surface area contributed by atoms with Gasteiger partial charge >= 0.3 is 0 Å². The summed E-state index contributed by atoms with van der Waals surface area (Å²) in [6, 6.07) is 15.1. The SMILES string of the molecule is CCCCSCCCNC(=O)c1ccc(/C=C2\OC3CCCCC3N(Cc3ccc(Cl)cc3)C2=O)cc1. The average molecular weight is 541 g/mol. The number of rotatable bonds is 11. The van der Waals surface area contributed by atoms with Crippen molar-refractivity contribution in [1.29, 1.82) is 0 Å². The van der Waals surface area contributed by atoms with E-state index in [1.807, 2.05) is 53.1 Å². The Hall–Kier alpha value is -2.44. The summed E-state index contributed by atoms with van der Waals surface area (Å²) in [4.78, 5) is 28.0. The normalized spacial score (nSPS) is 20.4. The predicted molar refractivity (Wildman–Crippen MR) is 153 cm³/mol. The molecule has 5 nitrogen and oxygen atoms in total. The fourth-order valence-corrected chi connectivity index (χ4v) is 6.03. The highest BCUT2D eigenvalue weighted by Gasteiger charge is 2.41. The van der Waals surface area contributed by atoms with Gasteiger partial charge in [0.25, 0.3) is 11.8 Å². The number of carbonyl (C=O) groups is 2. The Labute approximate surface area is 230 Å². The number of nitrogens with one attached hydrogen (secondary N) is 1. The van der Waals surface area contributed by atoms with E-state index in [2.05, 4.69) is 12.2 Å². The Morgan fingerprint density at radius 3 is 2.57 bits per heavy atom. The molecule has 7 heteroatoms. The van der Waals surface area contributed by atoms with Gasteiger partial charge in [-0.15, -0.1) is 0 Å². The lowest BCUT2D eigenvalue weighted by atomic mass is 9.89. The fraction of sp³-hybridized carbons (Fsp3) is 0.467. The van der Waals surface area contributed by atoms with Crippen LogP contribution in [0.15, 0.2) is 54.3 Å². The summed E-state index contributed by atoms with van der Waals surface area (Å²) in [5.41, 5.74) is 2.51. The van der Waals surface area contributed by atoms with Crippen molar-refractivity contribution in [3.05, 3.63) is 76.0 Å². The lowest BCUT2D eigenvalue weighted by Gasteiger charge is -2.44. The first-order valence-corrected chi connectivity index (χ1v) is 15.0. The van der Waals surface area contributed by atoms with E-state index in [1.54, 1.807) is 18.2 Å². The number of nitrogens with zero attached hydrogens (tertiary/aromatic N) is 1. The summed E-state index contributed by atoms with van der Waals surface area (Å²) >= 11 is 8.00. The summed E-state index contributed by atoms with van der Waals surface area (Å²) in [7, 11) is 0. The maximum atomic E-state index is 13.5. The van der Waals surface area contributed by atoms with Crippen LogP contribution in [-0.2, 0) is 16.1 Å². The van der Waals surface area contributed by atoms with Gasteiger partial charge in [0.2, 0.25) is 0 Å². The van der Waals surface area contributed by atoms with Crippen LogP contribution in [0.5, 0.6) is 0 Å². The maximum Gasteiger partial charge on any atom is 0.289 e. The first-order valence-electron chi connectivity index (χ1n) is 13.4. The molecule has 2 fully saturated rings. The van der Waals surface area contributed by atoms with Gasteiger partial charge in [-0.05, 0) is 85.1 Å². The number of amides is 2. The van der Waals surface area contributed by atoms with Gasteiger partial charge in [-0.1, -0.05) is 55.6 Å². The van der Waals surface area contributed by atoms with E-state index in [4.69, 9.17) is 16.3 Å². The number of hydrogen-bond acceptors (Lipinski definition) is 4. The van der Waals surface area contributed by atoms with Gasteiger partial charge in [-0.25, -0.2) is 0 Å². The molecule has 1 saturated carbocycles. The molecule has 1 heterocycles. The van der Waals surface area contributed by atoms with E-state index >= 15 is 0 Å². The number of ether oxygens (including phenoxy) is 1. The lowest BCUT2D eigenvalue weighted by Crippen LogP contribution is -2.54. The molecule has 0 bridgehead atoms. The Balaban J connectivity index is 1.38. The Morgan fingerprint density at radius 2 is 1.81 bits per heavy atom. The molecule has 37 heavy (non-hydrogen) atoms. The number of fused-ring (bicyclic) bond motifs is 1. The van der Waals surface area contributed by atoms with Crippen LogP contribution in [0.2, 0.25) is 5.02 Å². The third-order valence-corrected chi connectivity index (χ3v) is 8.35. The Bertz CT molecular complexity index is 1070. The quantitative estimate of drug-likeness (QED) is 0.254. The summed E-state index contributed by atoms with van der Waals surface area (Å²) < 4.78 is 6.24. The van der Waals surface area contributed by atoms with Crippen molar-refractivity contribution in [1.82, 2.24) is 10.2 Å². The van der Waals surface area contributed by atoms with Gasteiger partial charge in [0.1, 0.15) is 6.10 Å². The molecule has 2 unspecified atom stereocenters. The number of unbranched alkanes of at least 4 members (excludes halogenated alkanes) is 1. The number of halogens is 1. The van der Waals surface area contributed by atoms with Crippen molar-refractivity contribution < 1.29 is 14.3 Å². The molecule has 2 aromatic carbocycles. The fourth-order valence-electron chi connectivity index (χ4n) is 4.86. The van der Waals surface area contributed by atoms with Crippen LogP contribution in [0.1, 0.15) is 73.4 Å². The molecule has 0 spiro atoms. The van der Waals surface area contributed by atoms with Crippen LogP contribution >= 0.6 is 23.4 Å². The summed E-state index contributed by atoms with van der Waals surface area (Å²) in [5, 5.41) is 3.69. The zero-order valence-corrected chi connectivity index (χ0v) is 23.2. The number of carbonyl (C=O) groups excluding carboxylic acids is 2. The second-order valence-electron chi connectivity index (χ2n) is 9.77. The minimum absolute atomic E-state index is 0.00943. The molecule has 198 valence electrons. The van der Waals surface area contributed by atoms with E-state index in [-0.39, 0.29) is 24.0 Å². The Kier molecular flexibility index (Phi) is 10.4. The molecule has 4 rings (SSSR count). The average Bonchev–Trinajstić information content (AvgIpc) is 2.92. The highest BCUT2D eigenvalue weighted by Crippen LogP contribution is 2.34. The van der Waals surface area contributed by atoms with Gasteiger partial charge < -0.3 is 15.0 Å². The largest absolute Gasteiger partial charge is 0.482 e. The van der Waals surface area contributed by atoms with E-state index in [1.165, 1.54) is 18.6 Å². The van der Waals surface area contributed by atoms with Crippen molar-refractivity contribution in [3.63, 3.8) is 0 Å². The molecule has 0 aromatic heterocycles. The molecular formula is C30H37ClN2O3S. The molecule has 1 saturated heterocycles. The summed E-state index contributed by atoms with van der Waals surface area (Å²) in [6.07, 6.45) is 9.37. The number of morpholine rings is 1.